The van der Waals surface area contributed by atoms with Gasteiger partial charge in [0.2, 0.25) is 5.91 Å². The molecule has 0 saturated heterocycles. The normalized spacial score (nSPS) is 11.1. The van der Waals surface area contributed by atoms with E-state index in [0.717, 1.165) is 16.8 Å². The molecule has 1 amide bonds. The maximum Gasteiger partial charge on any atom is 0.341 e. The molecule has 0 atom stereocenters. The van der Waals surface area contributed by atoms with Crippen molar-refractivity contribution in [3.63, 3.8) is 0 Å². The van der Waals surface area contributed by atoms with Crippen molar-refractivity contribution < 1.29 is 18.7 Å². The maximum absolute atomic E-state index is 12.5. The van der Waals surface area contributed by atoms with Crippen LogP contribution in [-0.2, 0) is 16.1 Å². The lowest BCUT2D eigenvalue weighted by Crippen LogP contribution is -2.30. The van der Waals surface area contributed by atoms with Crippen LogP contribution >= 0.6 is 0 Å². The molecule has 0 spiro atoms. The molecule has 2 aromatic rings. The van der Waals surface area contributed by atoms with E-state index >= 15 is 0 Å². The summed E-state index contributed by atoms with van der Waals surface area (Å²) in [7, 11) is 3.17. The van der Waals surface area contributed by atoms with Gasteiger partial charge in [-0.05, 0) is 44.0 Å². The van der Waals surface area contributed by atoms with Crippen molar-refractivity contribution in [3.8, 4) is 0 Å². The Balaban J connectivity index is 2.02. The highest BCUT2D eigenvalue weighted by molar-refractivity contribution is 5.94. The molecule has 6 heteroatoms. The number of anilines is 1. The Bertz CT molecular complexity index is 824. The number of ether oxygens (including phenoxy) is 1. The van der Waals surface area contributed by atoms with Gasteiger partial charge in [0.25, 0.3) is 0 Å². The van der Waals surface area contributed by atoms with Gasteiger partial charge in [0.15, 0.2) is 0 Å². The third kappa shape index (κ3) is 5.20. The van der Waals surface area contributed by atoms with Gasteiger partial charge in [-0.2, -0.15) is 0 Å². The molecule has 6 nitrogen and oxygen atoms in total. The maximum atomic E-state index is 12.5. The second kappa shape index (κ2) is 8.86. The van der Waals surface area contributed by atoms with E-state index in [1.807, 2.05) is 37.1 Å². The number of methoxy groups -OCH3 is 1. The summed E-state index contributed by atoms with van der Waals surface area (Å²) >= 11 is 0. The summed E-state index contributed by atoms with van der Waals surface area (Å²) in [6.07, 6.45) is 0. The Labute approximate surface area is 160 Å². The van der Waals surface area contributed by atoms with E-state index in [-0.39, 0.29) is 12.5 Å². The molecule has 0 aliphatic rings. The van der Waals surface area contributed by atoms with Crippen molar-refractivity contribution in [2.45, 2.75) is 40.2 Å². The third-order valence-electron chi connectivity index (χ3n) is 4.40. The van der Waals surface area contributed by atoms with Gasteiger partial charge in [0.1, 0.15) is 17.1 Å². The monoisotopic (exact) mass is 372 g/mol. The van der Waals surface area contributed by atoms with Crippen LogP contribution < -0.4 is 5.32 Å². The Kier molecular flexibility index (Phi) is 6.80. The molecule has 1 aromatic carbocycles. The van der Waals surface area contributed by atoms with Crippen molar-refractivity contribution in [1.29, 1.82) is 0 Å². The largest absolute Gasteiger partial charge is 0.465 e. The third-order valence-corrected chi connectivity index (χ3v) is 4.40. The second-order valence-electron chi connectivity index (χ2n) is 7.09. The van der Waals surface area contributed by atoms with E-state index in [4.69, 9.17) is 9.15 Å². The Morgan fingerprint density at radius 3 is 2.59 bits per heavy atom. The molecule has 0 unspecified atom stereocenters. The first-order valence-corrected chi connectivity index (χ1v) is 8.98. The number of hydrogen-bond acceptors (Lipinski definition) is 5. The SMILES string of the molecule is COC(=O)c1cc(CN(C)CC(=O)Nc2c(C)cccc2C(C)C)oc1C. The van der Waals surface area contributed by atoms with Gasteiger partial charge >= 0.3 is 5.97 Å². The number of likely N-dealkylation sites (N-methyl/N-ethyl adjacent to an activating group) is 1. The van der Waals surface area contributed by atoms with Crippen molar-refractivity contribution >= 4 is 17.6 Å². The minimum absolute atomic E-state index is 0.0924. The summed E-state index contributed by atoms with van der Waals surface area (Å²) in [6.45, 7) is 8.54. The molecule has 0 radical (unpaired) electrons. The van der Waals surface area contributed by atoms with Crippen LogP contribution in [0.3, 0.4) is 0 Å². The quantitative estimate of drug-likeness (QED) is 0.747. The van der Waals surface area contributed by atoms with E-state index in [0.29, 0.717) is 29.5 Å². The first kappa shape index (κ1) is 20.7. The molecular weight excluding hydrogens is 344 g/mol. The van der Waals surface area contributed by atoms with Crippen LogP contribution in [0.25, 0.3) is 0 Å². The number of carbonyl (C=O) groups excluding carboxylic acids is 2. The molecule has 146 valence electrons. The lowest BCUT2D eigenvalue weighted by atomic mass is 9.98. The number of amides is 1. The fraction of sp³-hybridized carbons (Fsp3) is 0.429. The van der Waals surface area contributed by atoms with Crippen molar-refractivity contribution in [2.75, 3.05) is 26.0 Å². The van der Waals surface area contributed by atoms with E-state index in [2.05, 4.69) is 19.2 Å². The van der Waals surface area contributed by atoms with Crippen LogP contribution in [0.15, 0.2) is 28.7 Å². The Morgan fingerprint density at radius 1 is 1.26 bits per heavy atom. The number of esters is 1. The summed E-state index contributed by atoms with van der Waals surface area (Å²) < 4.78 is 10.3. The number of nitrogens with one attached hydrogen (secondary N) is 1. The summed E-state index contributed by atoms with van der Waals surface area (Å²) in [4.78, 5) is 26.0. The van der Waals surface area contributed by atoms with Gasteiger partial charge in [0, 0.05) is 5.69 Å². The highest BCUT2D eigenvalue weighted by atomic mass is 16.5. The minimum atomic E-state index is -0.427. The molecule has 0 fully saturated rings. The fourth-order valence-corrected chi connectivity index (χ4v) is 3.02. The number of hydrogen-bond donors (Lipinski definition) is 1. The lowest BCUT2D eigenvalue weighted by Gasteiger charge is -2.19. The van der Waals surface area contributed by atoms with E-state index < -0.39 is 5.97 Å². The number of para-hydroxylation sites is 1. The van der Waals surface area contributed by atoms with Crippen molar-refractivity contribution in [3.05, 3.63) is 52.5 Å². The van der Waals surface area contributed by atoms with E-state index in [1.165, 1.54) is 7.11 Å². The van der Waals surface area contributed by atoms with Crippen LogP contribution in [0.5, 0.6) is 0 Å². The molecule has 1 aromatic heterocycles. The topological polar surface area (TPSA) is 71.8 Å². The average molecular weight is 372 g/mol. The summed E-state index contributed by atoms with van der Waals surface area (Å²) in [5.74, 6) is 0.924. The number of nitrogens with zero attached hydrogens (tertiary/aromatic N) is 1. The molecule has 1 N–H and O–H groups in total. The zero-order valence-electron chi connectivity index (χ0n) is 16.9. The van der Waals surface area contributed by atoms with E-state index in [1.54, 1.807) is 13.0 Å². The molecule has 2 rings (SSSR count). The van der Waals surface area contributed by atoms with Gasteiger partial charge < -0.3 is 14.5 Å². The molecule has 27 heavy (non-hydrogen) atoms. The Hall–Kier alpha value is -2.60. The fourth-order valence-electron chi connectivity index (χ4n) is 3.02. The number of carbonyl (C=O) groups is 2. The van der Waals surface area contributed by atoms with Gasteiger partial charge in [-0.1, -0.05) is 32.0 Å². The smallest absolute Gasteiger partial charge is 0.341 e. The predicted octanol–water partition coefficient (Wildman–Crippen LogP) is 3.88. The van der Waals surface area contributed by atoms with E-state index in [9.17, 15) is 9.59 Å². The summed E-state index contributed by atoms with van der Waals surface area (Å²) in [5, 5.41) is 3.04. The van der Waals surface area contributed by atoms with Crippen LogP contribution in [-0.4, -0.2) is 37.5 Å². The van der Waals surface area contributed by atoms with Crippen molar-refractivity contribution in [1.82, 2.24) is 4.90 Å². The predicted molar refractivity (Wildman–Crippen MR) is 105 cm³/mol. The number of aryl methyl sites for hydroxylation is 2. The summed E-state index contributed by atoms with van der Waals surface area (Å²) in [5.41, 5.74) is 3.46. The zero-order valence-corrected chi connectivity index (χ0v) is 16.9. The molecular formula is C21H28N2O4. The zero-order chi connectivity index (χ0) is 20.1. The van der Waals surface area contributed by atoms with Crippen LogP contribution in [0.2, 0.25) is 0 Å². The van der Waals surface area contributed by atoms with Crippen molar-refractivity contribution in [2.24, 2.45) is 0 Å². The minimum Gasteiger partial charge on any atom is -0.465 e. The molecule has 0 saturated carbocycles. The second-order valence-corrected chi connectivity index (χ2v) is 7.09. The van der Waals surface area contributed by atoms with Gasteiger partial charge in [-0.25, -0.2) is 4.79 Å². The van der Waals surface area contributed by atoms with Gasteiger partial charge in [-0.3, -0.25) is 9.69 Å². The molecule has 0 bridgehead atoms. The molecule has 0 aliphatic carbocycles. The lowest BCUT2D eigenvalue weighted by molar-refractivity contribution is -0.117. The first-order chi connectivity index (χ1) is 12.7. The van der Waals surface area contributed by atoms with Crippen LogP contribution in [0, 0.1) is 13.8 Å². The summed E-state index contributed by atoms with van der Waals surface area (Å²) in [6, 6.07) is 7.69. The average Bonchev–Trinajstić information content (AvgIpc) is 2.95. The highest BCUT2D eigenvalue weighted by Crippen LogP contribution is 2.27. The standard InChI is InChI=1S/C21H28N2O4/c1-13(2)17-9-7-8-14(3)20(17)22-19(24)12-23(5)11-16-10-18(15(4)27-16)21(25)26-6/h7-10,13H,11-12H2,1-6H3,(H,22,24). The number of rotatable bonds is 7. The highest BCUT2D eigenvalue weighted by Gasteiger charge is 2.18. The number of furan rings is 1. The van der Waals surface area contributed by atoms with Crippen LogP contribution in [0.4, 0.5) is 5.69 Å². The van der Waals surface area contributed by atoms with Gasteiger partial charge in [-0.15, -0.1) is 0 Å². The molecule has 1 heterocycles. The Morgan fingerprint density at radius 2 is 1.96 bits per heavy atom. The van der Waals surface area contributed by atoms with Crippen LogP contribution in [0.1, 0.15) is 52.8 Å². The molecule has 0 aliphatic heterocycles. The van der Waals surface area contributed by atoms with Gasteiger partial charge in [0.05, 0.1) is 20.2 Å². The first-order valence-electron chi connectivity index (χ1n) is 8.98. The number of benzene rings is 1.